The Morgan fingerprint density at radius 2 is 1.54 bits per heavy atom. The normalized spacial score (nSPS) is 20.6. The van der Waals surface area contributed by atoms with Gasteiger partial charge >= 0.3 is 12.2 Å². The van der Waals surface area contributed by atoms with Gasteiger partial charge in [0.05, 0.1) is 41.6 Å². The second-order valence-electron chi connectivity index (χ2n) is 16.5. The summed E-state index contributed by atoms with van der Waals surface area (Å²) in [7, 11) is 0. The number of hydrogen-bond acceptors (Lipinski definition) is 6. The van der Waals surface area contributed by atoms with Crippen LogP contribution in [0.1, 0.15) is 102 Å². The first kappa shape index (κ1) is 34.2. The standard InChI is InChI=1S/C41H47FN6O4/c1-40(2,3)51-38(49)47-18-8-11-33(47)37-44-31-17-13-24-19-23(12-14-27(24)35(31)46-37)26-15-16-30(29-10-7-9-28(26)29)32-21-43-36(45-32)34-20-25(42)22-48(34)39(50)52-41(4,5)6/h12-17,19,21,25,33-34H,7-11,18,20,22H2,1-6H3,(H,43,45)(H,44,46)/t25-,33+,34+/m1/s1. The maximum Gasteiger partial charge on any atom is 0.411 e. The lowest BCUT2D eigenvalue weighted by atomic mass is 9.91. The third kappa shape index (κ3) is 6.39. The molecule has 2 fully saturated rings. The molecule has 11 heteroatoms. The molecule has 2 N–H and O–H groups in total. The van der Waals surface area contributed by atoms with E-state index in [-0.39, 0.29) is 25.1 Å². The van der Waals surface area contributed by atoms with Crippen LogP contribution >= 0.6 is 0 Å². The summed E-state index contributed by atoms with van der Waals surface area (Å²) in [5.74, 6) is 1.37. The van der Waals surface area contributed by atoms with Gasteiger partial charge in [0.2, 0.25) is 0 Å². The largest absolute Gasteiger partial charge is 0.444 e. The number of carbonyl (C=O) groups excluding carboxylic acids is 2. The first-order valence-corrected chi connectivity index (χ1v) is 18.5. The number of benzene rings is 3. The smallest absolute Gasteiger partial charge is 0.411 e. The molecule has 3 aromatic carbocycles. The number of H-pyrrole nitrogens is 2. The molecular weight excluding hydrogens is 659 g/mol. The third-order valence-electron chi connectivity index (χ3n) is 10.4. The van der Waals surface area contributed by atoms with Gasteiger partial charge < -0.3 is 19.4 Å². The van der Waals surface area contributed by atoms with Crippen molar-refractivity contribution < 1.29 is 23.5 Å². The molecule has 3 atom stereocenters. The number of carbonyl (C=O) groups is 2. The van der Waals surface area contributed by atoms with E-state index in [0.717, 1.165) is 76.6 Å². The minimum Gasteiger partial charge on any atom is -0.444 e. The van der Waals surface area contributed by atoms with E-state index in [1.54, 1.807) is 11.1 Å². The summed E-state index contributed by atoms with van der Waals surface area (Å²) in [4.78, 5) is 45.8. The van der Waals surface area contributed by atoms with Crippen LogP contribution in [-0.2, 0) is 22.3 Å². The highest BCUT2D eigenvalue weighted by Gasteiger charge is 2.40. The molecule has 2 amide bonds. The number of hydrogen-bond donors (Lipinski definition) is 2. The number of rotatable bonds is 4. The second-order valence-corrected chi connectivity index (χ2v) is 16.5. The molecule has 0 unspecified atom stereocenters. The molecule has 2 aliphatic heterocycles. The van der Waals surface area contributed by atoms with E-state index in [1.165, 1.54) is 21.6 Å². The Kier molecular flexibility index (Phi) is 8.30. The summed E-state index contributed by atoms with van der Waals surface area (Å²) < 4.78 is 25.9. The Bertz CT molecular complexity index is 2190. The molecule has 5 aromatic rings. The molecule has 3 aliphatic rings. The number of alkyl halides is 1. The predicted octanol–water partition coefficient (Wildman–Crippen LogP) is 9.35. The lowest BCUT2D eigenvalue weighted by molar-refractivity contribution is 0.0204. The van der Waals surface area contributed by atoms with E-state index in [2.05, 4.69) is 57.4 Å². The summed E-state index contributed by atoms with van der Waals surface area (Å²) in [6, 6.07) is 14.5. The molecule has 8 rings (SSSR count). The summed E-state index contributed by atoms with van der Waals surface area (Å²) >= 11 is 0. The Morgan fingerprint density at radius 1 is 0.827 bits per heavy atom. The van der Waals surface area contributed by atoms with E-state index in [0.29, 0.717) is 12.4 Å². The molecule has 0 saturated carbocycles. The number of fused-ring (bicyclic) bond motifs is 4. The van der Waals surface area contributed by atoms with Gasteiger partial charge in [0.15, 0.2) is 0 Å². The van der Waals surface area contributed by atoms with E-state index in [4.69, 9.17) is 14.5 Å². The number of halogens is 1. The van der Waals surface area contributed by atoms with Crippen molar-refractivity contribution in [1.29, 1.82) is 0 Å². The zero-order valence-corrected chi connectivity index (χ0v) is 30.8. The molecule has 1 aliphatic carbocycles. The predicted molar refractivity (Wildman–Crippen MR) is 199 cm³/mol. The van der Waals surface area contributed by atoms with Crippen LogP contribution in [0.15, 0.2) is 48.7 Å². The maximum absolute atomic E-state index is 14.6. The molecule has 0 spiro atoms. The first-order valence-electron chi connectivity index (χ1n) is 18.5. The molecule has 52 heavy (non-hydrogen) atoms. The number of imidazole rings is 2. The van der Waals surface area contributed by atoms with Crippen molar-refractivity contribution in [2.24, 2.45) is 0 Å². The van der Waals surface area contributed by atoms with E-state index >= 15 is 0 Å². The monoisotopic (exact) mass is 706 g/mol. The van der Waals surface area contributed by atoms with Gasteiger partial charge in [-0.3, -0.25) is 9.80 Å². The molecule has 2 aromatic heterocycles. The Labute approximate surface area is 303 Å². The Hall–Kier alpha value is -4.93. The lowest BCUT2D eigenvalue weighted by Crippen LogP contribution is -2.37. The number of likely N-dealkylation sites (tertiary alicyclic amines) is 2. The van der Waals surface area contributed by atoms with Crippen LogP contribution in [-0.4, -0.2) is 72.4 Å². The highest BCUT2D eigenvalue weighted by atomic mass is 19.1. The van der Waals surface area contributed by atoms with Crippen LogP contribution in [0.4, 0.5) is 14.0 Å². The molecule has 0 radical (unpaired) electrons. The molecule has 4 heterocycles. The van der Waals surface area contributed by atoms with Gasteiger partial charge in [-0.25, -0.2) is 23.9 Å². The van der Waals surface area contributed by atoms with E-state index in [1.807, 2.05) is 41.5 Å². The van der Waals surface area contributed by atoms with Gasteiger partial charge in [0.1, 0.15) is 29.0 Å². The number of aromatic nitrogens is 4. The average molecular weight is 707 g/mol. The van der Waals surface area contributed by atoms with Crippen molar-refractivity contribution in [3.05, 3.63) is 71.4 Å². The van der Waals surface area contributed by atoms with Crippen molar-refractivity contribution in [2.75, 3.05) is 13.1 Å². The number of amides is 2. The average Bonchev–Trinajstić information content (AvgIpc) is 3.91. The minimum absolute atomic E-state index is 0.00819. The minimum atomic E-state index is -1.13. The number of ether oxygens (including phenoxy) is 2. The van der Waals surface area contributed by atoms with E-state index in [9.17, 15) is 14.0 Å². The lowest BCUT2D eigenvalue weighted by Gasteiger charge is -2.27. The Morgan fingerprint density at radius 3 is 2.29 bits per heavy atom. The van der Waals surface area contributed by atoms with Crippen LogP contribution in [0.3, 0.4) is 0 Å². The highest BCUT2D eigenvalue weighted by molar-refractivity contribution is 6.05. The van der Waals surface area contributed by atoms with E-state index < -0.39 is 29.5 Å². The number of nitrogens with one attached hydrogen (secondary N) is 2. The fourth-order valence-electron chi connectivity index (χ4n) is 8.18. The number of nitrogens with zero attached hydrogens (tertiary/aromatic N) is 4. The summed E-state index contributed by atoms with van der Waals surface area (Å²) in [6.45, 7) is 11.7. The van der Waals surface area contributed by atoms with Gasteiger partial charge in [0, 0.05) is 23.9 Å². The van der Waals surface area contributed by atoms with Gasteiger partial charge in [-0.05, 0) is 113 Å². The first-order chi connectivity index (χ1) is 24.7. The van der Waals surface area contributed by atoms with Gasteiger partial charge in [-0.2, -0.15) is 0 Å². The fourth-order valence-corrected chi connectivity index (χ4v) is 8.18. The van der Waals surface area contributed by atoms with Crippen molar-refractivity contribution in [1.82, 2.24) is 29.7 Å². The zero-order chi connectivity index (χ0) is 36.5. The van der Waals surface area contributed by atoms with Gasteiger partial charge in [0.25, 0.3) is 0 Å². The molecular formula is C41H47FN6O4. The zero-order valence-electron chi connectivity index (χ0n) is 30.8. The molecule has 10 nitrogen and oxygen atoms in total. The van der Waals surface area contributed by atoms with Crippen LogP contribution in [0.2, 0.25) is 0 Å². The fraction of sp³-hybridized carbons (Fsp3) is 0.463. The van der Waals surface area contributed by atoms with Crippen molar-refractivity contribution in [3.8, 4) is 22.4 Å². The SMILES string of the molecule is CC(C)(C)OC(=O)N1C[C@H](F)C[C@H]1c1ncc(-c2ccc(-c3ccc4c(ccc5nc([C@@H]6CCCN6C(=O)OC(C)(C)C)[nH]c54)c3)c3c2CCC3)[nH]1. The molecule has 2 saturated heterocycles. The second kappa shape index (κ2) is 12.6. The van der Waals surface area contributed by atoms with Crippen LogP contribution < -0.4 is 0 Å². The highest BCUT2D eigenvalue weighted by Crippen LogP contribution is 2.41. The van der Waals surface area contributed by atoms with Crippen molar-refractivity contribution in [3.63, 3.8) is 0 Å². The quantitative estimate of drug-likeness (QED) is 0.192. The Balaban J connectivity index is 1.07. The summed E-state index contributed by atoms with van der Waals surface area (Å²) in [5, 5.41) is 2.20. The molecule has 0 bridgehead atoms. The van der Waals surface area contributed by atoms with Crippen LogP contribution in [0, 0.1) is 0 Å². The van der Waals surface area contributed by atoms with Crippen LogP contribution in [0.25, 0.3) is 44.2 Å². The van der Waals surface area contributed by atoms with Crippen molar-refractivity contribution in [2.45, 2.75) is 110 Å². The van der Waals surface area contributed by atoms with Gasteiger partial charge in [-0.15, -0.1) is 0 Å². The number of aromatic amines is 2. The third-order valence-corrected chi connectivity index (χ3v) is 10.4. The maximum atomic E-state index is 14.6. The topological polar surface area (TPSA) is 116 Å². The van der Waals surface area contributed by atoms with Crippen LogP contribution in [0.5, 0.6) is 0 Å². The van der Waals surface area contributed by atoms with Crippen molar-refractivity contribution >= 4 is 34.0 Å². The summed E-state index contributed by atoms with van der Waals surface area (Å²) in [6.07, 6.45) is 4.77. The summed E-state index contributed by atoms with van der Waals surface area (Å²) in [5.41, 5.74) is 7.58. The van der Waals surface area contributed by atoms with Gasteiger partial charge in [-0.1, -0.05) is 30.3 Å². The molecule has 272 valence electrons.